The van der Waals surface area contributed by atoms with E-state index in [0.29, 0.717) is 17.7 Å². The highest BCUT2D eigenvalue weighted by Crippen LogP contribution is 2.17. The molecule has 0 aliphatic carbocycles. The van der Waals surface area contributed by atoms with Crippen molar-refractivity contribution < 1.29 is 9.59 Å². The molecule has 0 saturated carbocycles. The number of carbonyl (C=O) groups is 2. The molecule has 0 fully saturated rings. The molecule has 0 aliphatic rings. The number of unbranched alkanes of at least 4 members (excludes halogenated alkanes) is 27. The Hall–Kier alpha value is -1.84. The second-order valence-corrected chi connectivity index (χ2v) is 14.0. The first-order chi connectivity index (χ1) is 23.1. The number of hydrogen-bond donors (Lipinski definition) is 2. The van der Waals surface area contributed by atoms with Gasteiger partial charge in [0, 0.05) is 12.1 Å². The lowest BCUT2D eigenvalue weighted by Crippen LogP contribution is -2.28. The zero-order valence-electron chi connectivity index (χ0n) is 31.8. The van der Waals surface area contributed by atoms with E-state index in [1.165, 1.54) is 161 Å². The third-order valence-electron chi connectivity index (χ3n) is 9.31. The minimum atomic E-state index is -0.437. The summed E-state index contributed by atoms with van der Waals surface area (Å²) in [5.41, 5.74) is 6.99. The van der Waals surface area contributed by atoms with Gasteiger partial charge in [0.2, 0.25) is 11.8 Å². The first-order valence-electron chi connectivity index (χ1n) is 20.7. The van der Waals surface area contributed by atoms with Crippen LogP contribution in [0.4, 0.5) is 0 Å². The summed E-state index contributed by atoms with van der Waals surface area (Å²) in [5, 5.41) is 3.10. The number of hydrogen-bond acceptors (Lipinski definition) is 2. The highest BCUT2D eigenvalue weighted by Gasteiger charge is 2.14. The highest BCUT2D eigenvalue weighted by molar-refractivity contribution is 5.97. The molecule has 2 amide bonds. The summed E-state index contributed by atoms with van der Waals surface area (Å²) in [6.07, 6.45) is 47.3. The van der Waals surface area contributed by atoms with Gasteiger partial charge < -0.3 is 11.1 Å². The van der Waals surface area contributed by atoms with E-state index in [2.05, 4.69) is 44.3 Å². The van der Waals surface area contributed by atoms with Crippen molar-refractivity contribution in [2.75, 3.05) is 0 Å². The van der Waals surface area contributed by atoms with Crippen LogP contribution in [0.1, 0.15) is 226 Å². The van der Waals surface area contributed by atoms with Gasteiger partial charge in [0.25, 0.3) is 0 Å². The smallest absolute Gasteiger partial charge is 0.250 e. The number of allylic oxidation sites excluding steroid dienone is 4. The summed E-state index contributed by atoms with van der Waals surface area (Å²) in [4.78, 5) is 25.5. The van der Waals surface area contributed by atoms with Crippen LogP contribution in [-0.4, -0.2) is 11.8 Å². The molecule has 0 saturated heterocycles. The Kier molecular flexibility index (Phi) is 35.5. The van der Waals surface area contributed by atoms with Crippen molar-refractivity contribution >= 4 is 11.8 Å². The van der Waals surface area contributed by atoms with Gasteiger partial charge in [-0.2, -0.15) is 0 Å². The molecule has 0 radical (unpaired) electrons. The molecule has 47 heavy (non-hydrogen) atoms. The van der Waals surface area contributed by atoms with Crippen LogP contribution in [0.15, 0.2) is 35.6 Å². The van der Waals surface area contributed by atoms with E-state index >= 15 is 0 Å². The van der Waals surface area contributed by atoms with Crippen molar-refractivity contribution in [1.29, 1.82) is 0 Å². The van der Waals surface area contributed by atoms with Gasteiger partial charge in [-0.3, -0.25) is 9.59 Å². The minimum Gasteiger partial charge on any atom is -0.366 e. The molecule has 4 nitrogen and oxygen atoms in total. The van der Waals surface area contributed by atoms with Crippen LogP contribution in [-0.2, 0) is 9.59 Å². The summed E-state index contributed by atoms with van der Waals surface area (Å²) < 4.78 is 0. The van der Waals surface area contributed by atoms with Crippen molar-refractivity contribution in [2.24, 2.45) is 5.73 Å². The second kappa shape index (κ2) is 37.0. The number of amides is 2. The predicted octanol–water partition coefficient (Wildman–Crippen LogP) is 13.5. The van der Waals surface area contributed by atoms with Gasteiger partial charge in [-0.25, -0.2) is 0 Å². The molecular weight excluding hydrogens is 576 g/mol. The molecule has 3 N–H and O–H groups in total. The SMILES string of the molecule is CCCCCCCC/C=C\CCCCCCCC(=O)NC(=CCCCCCCCCCC)C(=CCCCCCCCCCC)C(N)=O. The van der Waals surface area contributed by atoms with Gasteiger partial charge in [0.05, 0.1) is 5.57 Å². The fourth-order valence-electron chi connectivity index (χ4n) is 6.19. The van der Waals surface area contributed by atoms with Crippen LogP contribution >= 0.6 is 0 Å². The first kappa shape index (κ1) is 45.2. The number of nitrogens with two attached hydrogens (primary N) is 1. The summed E-state index contributed by atoms with van der Waals surface area (Å²) in [7, 11) is 0. The largest absolute Gasteiger partial charge is 0.366 e. The Morgan fingerprint density at radius 3 is 1.19 bits per heavy atom. The van der Waals surface area contributed by atoms with E-state index in [1.54, 1.807) is 0 Å². The van der Waals surface area contributed by atoms with Crippen molar-refractivity contribution in [1.82, 2.24) is 5.32 Å². The monoisotopic (exact) mass is 657 g/mol. The molecule has 0 unspecified atom stereocenters. The van der Waals surface area contributed by atoms with Crippen LogP contribution in [0.5, 0.6) is 0 Å². The lowest BCUT2D eigenvalue weighted by molar-refractivity contribution is -0.120. The van der Waals surface area contributed by atoms with Crippen LogP contribution < -0.4 is 11.1 Å². The third kappa shape index (κ3) is 32.5. The van der Waals surface area contributed by atoms with Gasteiger partial charge in [-0.15, -0.1) is 0 Å². The molecule has 274 valence electrons. The number of carbonyl (C=O) groups excluding carboxylic acids is 2. The van der Waals surface area contributed by atoms with Gasteiger partial charge >= 0.3 is 0 Å². The Labute approximate surface area is 293 Å². The standard InChI is InChI=1S/C43H80N2O2/c1-4-7-10-13-16-19-20-21-22-23-24-27-30-33-36-39-42(46)45-41(38-35-32-29-26-18-15-12-9-6-3)40(43(44)47)37-34-31-28-25-17-14-11-8-5-2/h21-22,37-38H,4-20,23-36,39H2,1-3H3,(H2,44,47)(H,45,46)/b22-21-,40-37?,41-38?. The number of primary amides is 1. The first-order valence-corrected chi connectivity index (χ1v) is 20.7. The summed E-state index contributed by atoms with van der Waals surface area (Å²) in [6.45, 7) is 6.78. The van der Waals surface area contributed by atoms with Gasteiger partial charge in [-0.1, -0.05) is 186 Å². The Morgan fingerprint density at radius 2 is 0.787 bits per heavy atom. The van der Waals surface area contributed by atoms with E-state index in [1.807, 2.05) is 6.08 Å². The van der Waals surface area contributed by atoms with Crippen LogP contribution in [0.25, 0.3) is 0 Å². The normalized spacial score (nSPS) is 12.3. The van der Waals surface area contributed by atoms with Crippen molar-refractivity contribution in [3.8, 4) is 0 Å². The molecule has 0 atom stereocenters. The number of rotatable bonds is 36. The fraction of sp³-hybridized carbons (Fsp3) is 0.814. The fourth-order valence-corrected chi connectivity index (χ4v) is 6.19. The average Bonchev–Trinajstić information content (AvgIpc) is 3.06. The van der Waals surface area contributed by atoms with Crippen molar-refractivity contribution in [3.63, 3.8) is 0 Å². The molecule has 0 aliphatic heterocycles. The summed E-state index contributed by atoms with van der Waals surface area (Å²) >= 11 is 0. The van der Waals surface area contributed by atoms with Gasteiger partial charge in [0.1, 0.15) is 0 Å². The third-order valence-corrected chi connectivity index (χ3v) is 9.31. The molecule has 4 heteroatoms. The Balaban J connectivity index is 4.59. The Bertz CT molecular complexity index is 798. The predicted molar refractivity (Wildman–Crippen MR) is 207 cm³/mol. The van der Waals surface area contributed by atoms with E-state index in [-0.39, 0.29) is 5.91 Å². The van der Waals surface area contributed by atoms with E-state index in [4.69, 9.17) is 5.73 Å². The minimum absolute atomic E-state index is 0.00373. The molecule has 0 aromatic carbocycles. The maximum absolute atomic E-state index is 13.0. The molecule has 0 aromatic rings. The maximum Gasteiger partial charge on any atom is 0.250 e. The van der Waals surface area contributed by atoms with Crippen LogP contribution in [0, 0.1) is 0 Å². The Morgan fingerprint density at radius 1 is 0.447 bits per heavy atom. The lowest BCUT2D eigenvalue weighted by Gasteiger charge is -2.13. The van der Waals surface area contributed by atoms with E-state index < -0.39 is 5.91 Å². The zero-order chi connectivity index (χ0) is 34.5. The molecular formula is C43H80N2O2. The lowest BCUT2D eigenvalue weighted by atomic mass is 10.0. The average molecular weight is 657 g/mol. The van der Waals surface area contributed by atoms with Gasteiger partial charge in [-0.05, 0) is 57.8 Å². The number of nitrogens with one attached hydrogen (secondary N) is 1. The summed E-state index contributed by atoms with van der Waals surface area (Å²) in [5.74, 6) is -0.433. The van der Waals surface area contributed by atoms with E-state index in [9.17, 15) is 9.59 Å². The molecule has 0 aromatic heterocycles. The quantitative estimate of drug-likeness (QED) is 0.0305. The topological polar surface area (TPSA) is 72.2 Å². The zero-order valence-corrected chi connectivity index (χ0v) is 31.8. The second-order valence-electron chi connectivity index (χ2n) is 14.0. The molecule has 0 spiro atoms. The highest BCUT2D eigenvalue weighted by atomic mass is 16.2. The molecule has 0 rings (SSSR count). The van der Waals surface area contributed by atoms with E-state index in [0.717, 1.165) is 38.5 Å². The maximum atomic E-state index is 13.0. The van der Waals surface area contributed by atoms with Crippen molar-refractivity contribution in [3.05, 3.63) is 35.6 Å². The van der Waals surface area contributed by atoms with Crippen LogP contribution in [0.3, 0.4) is 0 Å². The summed E-state index contributed by atoms with van der Waals surface area (Å²) in [6, 6.07) is 0. The van der Waals surface area contributed by atoms with Gasteiger partial charge in [0.15, 0.2) is 0 Å². The van der Waals surface area contributed by atoms with Crippen LogP contribution in [0.2, 0.25) is 0 Å². The van der Waals surface area contributed by atoms with Crippen molar-refractivity contribution in [2.45, 2.75) is 226 Å². The molecule has 0 heterocycles. The molecule has 0 bridgehead atoms.